The van der Waals surface area contributed by atoms with E-state index in [1.54, 1.807) is 0 Å². The van der Waals surface area contributed by atoms with Crippen LogP contribution < -0.4 is 10.6 Å². The number of nitrogens with one attached hydrogen (secondary N) is 2. The molecule has 0 aromatic rings. The van der Waals surface area contributed by atoms with Crippen LogP contribution in [0.25, 0.3) is 0 Å². The summed E-state index contributed by atoms with van der Waals surface area (Å²) in [6.07, 6.45) is -143. The van der Waals surface area contributed by atoms with Crippen molar-refractivity contribution >= 4 is 11.8 Å². The van der Waals surface area contributed by atoms with Crippen molar-refractivity contribution in [3.63, 3.8) is 0 Å². The van der Waals surface area contributed by atoms with Gasteiger partial charge in [-0.15, -0.1) is 0 Å². The van der Waals surface area contributed by atoms with E-state index in [4.69, 9.17) is 118 Å². The minimum absolute atomic E-state index is 0.864. The first kappa shape index (κ1) is 123. The molecule has 0 spiro atoms. The lowest BCUT2D eigenvalue weighted by Gasteiger charge is -2.51. The van der Waals surface area contributed by atoms with Crippen LogP contribution in [0.2, 0.25) is 0 Å². The van der Waals surface area contributed by atoms with Gasteiger partial charge in [0.2, 0.25) is 11.8 Å². The molecule has 13 heterocycles. The van der Waals surface area contributed by atoms with Crippen molar-refractivity contribution in [1.29, 1.82) is 0 Å². The zero-order valence-corrected chi connectivity index (χ0v) is 79.2. The summed E-state index contributed by atoms with van der Waals surface area (Å²) >= 11 is 0. The molecule has 13 fully saturated rings. The molecule has 13 rings (SSSR count). The normalized spacial score (nSPS) is 52.1. The highest BCUT2D eigenvalue weighted by atomic mass is 16.8. The van der Waals surface area contributed by atoms with Gasteiger partial charge in [-0.1, -0.05) is 0 Å². The smallest absolute Gasteiger partial charge is 0.217 e. The molecule has 13 aliphatic rings. The number of carbonyl (C=O) groups is 2. The molecule has 0 bridgehead atoms. The number of amides is 2. The fourth-order valence-corrected chi connectivity index (χ4v) is 19.2. The van der Waals surface area contributed by atoms with Crippen molar-refractivity contribution in [1.82, 2.24) is 10.6 Å². The monoisotopic (exact) mass is 2210 g/mol. The Morgan fingerprint density at radius 3 is 0.713 bits per heavy atom. The predicted octanol–water partition coefficient (Wildman–Crippen LogP) is -29.0. The van der Waals surface area contributed by atoms with E-state index in [-0.39, 0.29) is 0 Å². The lowest BCUT2D eigenvalue weighted by atomic mass is 9.94. The van der Waals surface area contributed by atoms with Gasteiger partial charge in [0.05, 0.1) is 85.9 Å². The molecule has 0 unspecified atom stereocenters. The largest absolute Gasteiger partial charge is 0.394 e. The molecule has 0 aliphatic carbocycles. The number of carbonyl (C=O) groups excluding carboxylic acids is 2. The van der Waals surface area contributed by atoms with Crippen molar-refractivity contribution in [3.05, 3.63) is 0 Å². The van der Waals surface area contributed by atoms with E-state index in [1.165, 1.54) is 0 Å². The molecule has 13 aliphatic heterocycles. The first-order chi connectivity index (χ1) is 71.0. The third kappa shape index (κ3) is 26.5. The summed E-state index contributed by atoms with van der Waals surface area (Å²) in [7, 11) is 0. The van der Waals surface area contributed by atoms with Gasteiger partial charge in [-0.3, -0.25) is 9.59 Å². The molecule has 0 radical (unpaired) electrons. The Labute approximate surface area is 845 Å². The zero-order valence-electron chi connectivity index (χ0n) is 79.2. The second kappa shape index (κ2) is 53.8. The second-order valence-corrected chi connectivity index (χ2v) is 38.0. The molecule has 68 heteroatoms. The summed E-state index contributed by atoms with van der Waals surface area (Å²) in [6, 6.07) is -3.86. The van der Waals surface area contributed by atoms with E-state index in [1.807, 2.05) is 0 Å². The molecule has 0 aromatic heterocycles. The van der Waals surface area contributed by atoms with E-state index >= 15 is 0 Å². The van der Waals surface area contributed by atoms with Gasteiger partial charge in [-0.2, -0.15) is 0 Å². The van der Waals surface area contributed by atoms with Crippen LogP contribution in [0.5, 0.6) is 0 Å². The minimum atomic E-state index is -2.88. The first-order valence-electron chi connectivity index (χ1n) is 47.7. The van der Waals surface area contributed by atoms with Crippen LogP contribution in [-0.2, 0) is 128 Å². The van der Waals surface area contributed by atoms with Crippen LogP contribution in [0.4, 0.5) is 0 Å². The topological polar surface area (TPSA) is 1080 Å². The van der Waals surface area contributed by atoms with Crippen LogP contribution in [0.15, 0.2) is 0 Å². The lowest BCUT2D eigenvalue weighted by Crippen LogP contribution is -2.70. The number of hydrogen-bond acceptors (Lipinski definition) is 66. The van der Waals surface area contributed by atoms with Gasteiger partial charge in [-0.05, 0) is 0 Å². The molecule has 65 atom stereocenters. The molecule has 2 amide bonds. The minimum Gasteiger partial charge on any atom is -0.394 e. The zero-order chi connectivity index (χ0) is 110. The second-order valence-electron chi connectivity index (χ2n) is 38.0. The molecule has 41 N–H and O–H groups in total. The number of aliphatic hydroxyl groups is 39. The molecular weight excluding hydrogens is 2070 g/mol. The Morgan fingerprint density at radius 1 is 0.173 bits per heavy atom. The number of ether oxygens (including phenoxy) is 25. The lowest BCUT2D eigenvalue weighted by molar-refractivity contribution is -0.411. The van der Waals surface area contributed by atoms with Gasteiger partial charge in [0.25, 0.3) is 0 Å². The van der Waals surface area contributed by atoms with Crippen molar-refractivity contribution in [2.75, 3.05) is 85.9 Å². The maximum atomic E-state index is 13.3. The molecule has 872 valence electrons. The maximum Gasteiger partial charge on any atom is 0.217 e. The predicted molar refractivity (Wildman–Crippen MR) is 451 cm³/mol. The number of aliphatic hydroxyl groups excluding tert-OH is 39. The third-order valence-corrected chi connectivity index (χ3v) is 28.0. The average molecular weight is 2210 g/mol. The molecule has 0 aromatic carbocycles. The molecule has 150 heavy (non-hydrogen) atoms. The van der Waals surface area contributed by atoms with Gasteiger partial charge in [0, 0.05) is 13.8 Å². The van der Waals surface area contributed by atoms with Gasteiger partial charge in [0.1, 0.15) is 317 Å². The SMILES string of the molecule is CC(=O)N[C@@H]1[C@@H](O)[C@H](O[C@@H]2O[C@H](CO)[C@@H](O[C@@H]3O[C@H](CO[C@H]4O[C@H](CO[C@H]5O[C@H](CO)[C@@H](O)[C@H](O)[C@@H]5O[C@H]5O[C@H](CO)[C@@H](O)[C@H](O)[C@@H]5O)[C@@H](O)[C@H](O[C@H]5O[C@H](CO)[C@@H](O)[C@H](O)[C@@H]5O)[C@@H]4O)[C@@H](O)[C@H](O[C@H]4O[C@H](CO[C@H]5O[C@H](CO[C@H]6O[C@H](CO)[C@@H](O)[C@H](O)[C@@H]6O)[C@@H](O)[C@H](O)[C@@H]5O[C@H]5O[C@H](CO)[C@@H](O)[C@H](O)[C@@H]5O)[C@@H](O)[C@H](O)[C@@H]4O[C@H]4O[C@H](CO)[C@@H](O)[C@H](O)[C@@H]4O[C@H]4O[C@H](CO)[C@@H](O)[C@H](O)[C@@H]4O)[C@@H]3O)[C@H](O)[C@H]2NC(C)=O)[C@@H](CO)O[C@H]1O. The molecule has 0 saturated carbocycles. The van der Waals surface area contributed by atoms with Crippen LogP contribution in [0, 0.1) is 0 Å². The maximum absolute atomic E-state index is 13.3. The van der Waals surface area contributed by atoms with Gasteiger partial charge in [0.15, 0.2) is 81.8 Å². The molecular formula is C82H138N2O66. The summed E-state index contributed by atoms with van der Waals surface area (Å²) in [5.74, 6) is -1.92. The van der Waals surface area contributed by atoms with Gasteiger partial charge < -0.3 is 328 Å². The summed E-state index contributed by atoms with van der Waals surface area (Å²) in [5, 5.41) is 443. The standard InChI is InChI=1S/C82H138N2O66/c1-16(94)83-31-44(107)62(25(10-92)130-70(31)125)143-71-32(84-17(2)95)45(108)63(26(11-93)138-71)144-78-61(124)65(43(106)30(140-78)14-127-73-60(123)64(145-74-56(119)47(110)34(97)19(4-86)132-74)42(105)29(139-73)15-129-79-66(51(114)38(101)23(8-90)136-79)147-75-57(120)48(111)35(98)20(5-87)133-75)146-82-69(150-81-68(52(115)39(102)24(9-91)137-81)149-77-59(122)50(113)37(100)22(7-89)135-77)54(117)41(104)28(142-82)13-128-80-67(148-76-58(121)49(112)36(99)21(6-88)134-76)53(116)40(103)27(141-80)12-126-72-55(118)46(109)33(96)18(3-85)131-72/h18-82,85-93,96-125H,3-15H2,1-2H3,(H,83,94)(H,84,95)/t18-,19-,20-,21-,22-,23-,24-,25-,26-,27-,28-,29-,30-,31-,32-,33-,34-,35-,36-,37-,38-,39-,40-,41-,42-,43-,44-,45-,46+,47+,48+,49+,50+,51+,52+,53+,54+,55+,56+,57+,58+,59+,60+,61+,62-,63-,64+,65+,66+,67+,68+,69+,70-,71+,72+,73+,74-,75-,76-,77-,78+,79+,80+,81-,82-/m1/s1. The highest BCUT2D eigenvalue weighted by molar-refractivity contribution is 5.73. The van der Waals surface area contributed by atoms with Crippen molar-refractivity contribution in [2.24, 2.45) is 0 Å². The van der Waals surface area contributed by atoms with Crippen molar-refractivity contribution in [2.45, 2.75) is 413 Å². The van der Waals surface area contributed by atoms with Gasteiger partial charge in [-0.25, -0.2) is 0 Å². The van der Waals surface area contributed by atoms with E-state index in [0.29, 0.717) is 0 Å². The van der Waals surface area contributed by atoms with Crippen LogP contribution >= 0.6 is 0 Å². The van der Waals surface area contributed by atoms with E-state index in [0.717, 1.165) is 13.8 Å². The summed E-state index contributed by atoms with van der Waals surface area (Å²) < 4.78 is 148. The van der Waals surface area contributed by atoms with Crippen LogP contribution in [0.1, 0.15) is 13.8 Å². The Balaban J connectivity index is 0.889. The summed E-state index contributed by atoms with van der Waals surface area (Å²) in [6.45, 7) is -13.7. The Morgan fingerprint density at radius 2 is 0.367 bits per heavy atom. The van der Waals surface area contributed by atoms with Crippen LogP contribution in [-0.4, -0.2) is 696 Å². The number of hydrogen-bond donors (Lipinski definition) is 41. The molecule has 68 nitrogen and oxygen atoms in total. The Bertz CT molecular complexity index is 4070. The van der Waals surface area contributed by atoms with Crippen LogP contribution in [0.3, 0.4) is 0 Å². The quantitative estimate of drug-likeness (QED) is 0.0272. The highest BCUT2D eigenvalue weighted by Crippen LogP contribution is 2.43. The Hall–Kier alpha value is -3.62. The third-order valence-electron chi connectivity index (χ3n) is 28.0. The summed E-state index contributed by atoms with van der Waals surface area (Å²) in [4.78, 5) is 25.7. The van der Waals surface area contributed by atoms with Crippen molar-refractivity contribution in [3.8, 4) is 0 Å². The number of rotatable bonds is 39. The fraction of sp³-hybridized carbons (Fsp3) is 0.976. The van der Waals surface area contributed by atoms with E-state index in [9.17, 15) is 209 Å². The van der Waals surface area contributed by atoms with E-state index < -0.39 is 497 Å². The highest BCUT2D eigenvalue weighted by Gasteiger charge is 2.64. The Kier molecular flexibility index (Phi) is 44.2. The molecule has 13 saturated heterocycles. The van der Waals surface area contributed by atoms with E-state index in [2.05, 4.69) is 10.6 Å². The fourth-order valence-electron chi connectivity index (χ4n) is 19.2. The van der Waals surface area contributed by atoms with Gasteiger partial charge >= 0.3 is 0 Å². The first-order valence-corrected chi connectivity index (χ1v) is 47.7. The average Bonchev–Trinajstić information content (AvgIpc) is 0.756. The van der Waals surface area contributed by atoms with Crippen molar-refractivity contribution < 1.29 is 327 Å². The summed E-state index contributed by atoms with van der Waals surface area (Å²) in [5.41, 5.74) is 0.